The molecule has 0 heterocycles. The van der Waals surface area contributed by atoms with Crippen molar-refractivity contribution in [3.63, 3.8) is 0 Å². The molecule has 1 fully saturated rings. The average Bonchev–Trinajstić information content (AvgIpc) is 3.01. The highest BCUT2D eigenvalue weighted by Gasteiger charge is 2.20. The highest BCUT2D eigenvalue weighted by molar-refractivity contribution is 5.66. The number of rotatable bonds is 13. The molecule has 0 unspecified atom stereocenters. The number of carboxylic acids is 1. The molecule has 5 rings (SSSR count). The Kier molecular flexibility index (Phi) is 12.0. The van der Waals surface area contributed by atoms with E-state index < -0.39 is 5.97 Å². The number of carbonyl (C=O) groups is 1. The Labute approximate surface area is 252 Å². The van der Waals surface area contributed by atoms with Crippen LogP contribution in [0.4, 0.5) is 0 Å². The van der Waals surface area contributed by atoms with Crippen molar-refractivity contribution >= 4 is 11.7 Å². The molecule has 0 spiro atoms. The van der Waals surface area contributed by atoms with E-state index in [4.69, 9.17) is 5.11 Å². The summed E-state index contributed by atoms with van der Waals surface area (Å²) in [6, 6.07) is 41.9. The fraction of sp³-hybridized carbons (Fsp3) is 0.308. The second-order valence-corrected chi connectivity index (χ2v) is 11.2. The second-order valence-electron chi connectivity index (χ2n) is 11.2. The maximum Gasteiger partial charge on any atom is 0.303 e. The maximum absolute atomic E-state index is 9.37. The molecular weight excluding hydrogens is 514 g/mol. The quantitative estimate of drug-likeness (QED) is 0.177. The lowest BCUT2D eigenvalue weighted by Crippen LogP contribution is -2.26. The fourth-order valence-corrected chi connectivity index (χ4v) is 5.59. The van der Waals surface area contributed by atoms with Gasteiger partial charge < -0.3 is 10.0 Å². The topological polar surface area (TPSA) is 40.5 Å². The minimum Gasteiger partial charge on any atom is -0.481 e. The number of hydrogen-bond donors (Lipinski definition) is 1. The standard InChI is InChI=1S/C36H39N.C3H6O2/c1-29(31-16-5-2-6-17-31)37(26-13-15-30-14-11-24-35(28-30)32-22-12-23-32)27-25-36(33-18-7-3-8-19-33)34-20-9-4-10-21-34;1-2-3(4)5/h2-11,14,16-21,24,28,32,36H,1,12-13,15,22-23,25-27H2;2H2,1H3,(H,4,5). The van der Waals surface area contributed by atoms with Crippen molar-refractivity contribution < 1.29 is 9.90 Å². The van der Waals surface area contributed by atoms with Crippen molar-refractivity contribution in [3.05, 3.63) is 150 Å². The molecule has 1 N–H and O–H groups in total. The molecule has 42 heavy (non-hydrogen) atoms. The molecule has 3 nitrogen and oxygen atoms in total. The summed E-state index contributed by atoms with van der Waals surface area (Å²) in [5.41, 5.74) is 8.12. The zero-order valence-electron chi connectivity index (χ0n) is 25.0. The van der Waals surface area contributed by atoms with Gasteiger partial charge >= 0.3 is 5.97 Å². The molecule has 218 valence electrons. The molecule has 0 bridgehead atoms. The average molecular weight is 560 g/mol. The molecule has 1 aliphatic rings. The summed E-state index contributed by atoms with van der Waals surface area (Å²) < 4.78 is 0. The van der Waals surface area contributed by atoms with Gasteiger partial charge in [-0.25, -0.2) is 0 Å². The van der Waals surface area contributed by atoms with Crippen molar-refractivity contribution in [3.8, 4) is 0 Å². The van der Waals surface area contributed by atoms with Crippen LogP contribution in [-0.2, 0) is 11.2 Å². The monoisotopic (exact) mass is 559 g/mol. The molecule has 1 saturated carbocycles. The van der Waals surface area contributed by atoms with Crippen LogP contribution in [-0.4, -0.2) is 29.1 Å². The van der Waals surface area contributed by atoms with Crippen molar-refractivity contribution in [2.75, 3.05) is 13.1 Å². The van der Waals surface area contributed by atoms with Crippen LogP contribution in [0.25, 0.3) is 5.70 Å². The molecule has 0 radical (unpaired) electrons. The number of aliphatic carboxylic acids is 1. The molecule has 3 heteroatoms. The Bertz CT molecular complexity index is 1320. The van der Waals surface area contributed by atoms with Crippen molar-refractivity contribution in [1.29, 1.82) is 0 Å². The van der Waals surface area contributed by atoms with Crippen LogP contribution >= 0.6 is 0 Å². The molecule has 4 aromatic rings. The molecular formula is C39H45NO2. The first-order chi connectivity index (χ1) is 20.5. The number of carboxylic acid groups (broad SMARTS) is 1. The Balaban J connectivity index is 0.000000748. The summed E-state index contributed by atoms with van der Waals surface area (Å²) in [4.78, 5) is 11.9. The van der Waals surface area contributed by atoms with Crippen LogP contribution in [0.5, 0.6) is 0 Å². The minimum atomic E-state index is -0.745. The van der Waals surface area contributed by atoms with Gasteiger partial charge in [-0.15, -0.1) is 0 Å². The van der Waals surface area contributed by atoms with Crippen LogP contribution < -0.4 is 0 Å². The zero-order valence-corrected chi connectivity index (χ0v) is 25.0. The van der Waals surface area contributed by atoms with Gasteiger partial charge in [0.25, 0.3) is 0 Å². The number of hydrogen-bond acceptors (Lipinski definition) is 2. The molecule has 4 aromatic carbocycles. The predicted octanol–water partition coefficient (Wildman–Crippen LogP) is 9.56. The summed E-state index contributed by atoms with van der Waals surface area (Å²) in [6.07, 6.45) is 7.62. The van der Waals surface area contributed by atoms with Crippen LogP contribution in [0.15, 0.2) is 122 Å². The molecule has 0 atom stereocenters. The van der Waals surface area contributed by atoms with Crippen molar-refractivity contribution in [1.82, 2.24) is 4.90 Å². The van der Waals surface area contributed by atoms with Crippen molar-refractivity contribution in [2.24, 2.45) is 0 Å². The summed E-state index contributed by atoms with van der Waals surface area (Å²) in [5.74, 6) is 0.417. The SMILES string of the molecule is C=C(c1ccccc1)N(CCCc1cccc(C2CCC2)c1)CCC(c1ccccc1)c1ccccc1.CCC(=O)O. The molecule has 1 aliphatic carbocycles. The smallest absolute Gasteiger partial charge is 0.303 e. The third kappa shape index (κ3) is 9.21. The van der Waals surface area contributed by atoms with E-state index in [9.17, 15) is 4.79 Å². The third-order valence-corrected chi connectivity index (χ3v) is 8.30. The number of benzene rings is 4. The Morgan fingerprint density at radius 3 is 1.93 bits per heavy atom. The Hall–Kier alpha value is -4.11. The van der Waals surface area contributed by atoms with E-state index in [0.717, 1.165) is 44.0 Å². The van der Waals surface area contributed by atoms with Crippen LogP contribution in [0, 0.1) is 0 Å². The first-order valence-corrected chi connectivity index (χ1v) is 15.4. The highest BCUT2D eigenvalue weighted by atomic mass is 16.4. The summed E-state index contributed by atoms with van der Waals surface area (Å²) >= 11 is 0. The van der Waals surface area contributed by atoms with Crippen LogP contribution in [0.3, 0.4) is 0 Å². The number of nitrogens with zero attached hydrogens (tertiary/aromatic N) is 1. The first-order valence-electron chi connectivity index (χ1n) is 15.4. The minimum absolute atomic E-state index is 0.222. The van der Waals surface area contributed by atoms with E-state index in [1.807, 2.05) is 0 Å². The highest BCUT2D eigenvalue weighted by Crippen LogP contribution is 2.36. The van der Waals surface area contributed by atoms with Gasteiger partial charge in [-0.2, -0.15) is 0 Å². The van der Waals surface area contributed by atoms with Crippen LogP contribution in [0.1, 0.15) is 85.1 Å². The molecule has 0 aliphatic heterocycles. The van der Waals surface area contributed by atoms with Crippen LogP contribution in [0.2, 0.25) is 0 Å². The van der Waals surface area contributed by atoms with E-state index >= 15 is 0 Å². The van der Waals surface area contributed by atoms with Gasteiger partial charge in [0, 0.05) is 31.1 Å². The second kappa shape index (κ2) is 16.4. The van der Waals surface area contributed by atoms with E-state index in [2.05, 4.69) is 127 Å². The maximum atomic E-state index is 9.37. The first kappa shape index (κ1) is 30.8. The lowest BCUT2D eigenvalue weighted by molar-refractivity contribution is -0.136. The summed E-state index contributed by atoms with van der Waals surface area (Å²) in [5, 5.41) is 7.72. The van der Waals surface area contributed by atoms with Gasteiger partial charge in [0.2, 0.25) is 0 Å². The van der Waals surface area contributed by atoms with Gasteiger partial charge in [-0.1, -0.05) is 135 Å². The van der Waals surface area contributed by atoms with E-state index in [1.54, 1.807) is 12.5 Å². The van der Waals surface area contributed by atoms with Gasteiger partial charge in [-0.3, -0.25) is 4.79 Å². The fourth-order valence-electron chi connectivity index (χ4n) is 5.59. The molecule has 0 saturated heterocycles. The Morgan fingerprint density at radius 2 is 1.40 bits per heavy atom. The zero-order chi connectivity index (χ0) is 29.6. The van der Waals surface area contributed by atoms with Gasteiger partial charge in [0.1, 0.15) is 0 Å². The largest absolute Gasteiger partial charge is 0.481 e. The van der Waals surface area contributed by atoms with Gasteiger partial charge in [0.15, 0.2) is 0 Å². The van der Waals surface area contributed by atoms with E-state index in [-0.39, 0.29) is 6.42 Å². The van der Waals surface area contributed by atoms with Crippen molar-refractivity contribution in [2.45, 2.75) is 63.7 Å². The predicted molar refractivity (Wildman–Crippen MR) is 176 cm³/mol. The molecule has 0 amide bonds. The van der Waals surface area contributed by atoms with Gasteiger partial charge in [0.05, 0.1) is 0 Å². The van der Waals surface area contributed by atoms with E-state index in [1.165, 1.54) is 41.5 Å². The normalized spacial score (nSPS) is 12.6. The third-order valence-electron chi connectivity index (χ3n) is 8.30. The van der Waals surface area contributed by atoms with E-state index in [0.29, 0.717) is 5.92 Å². The lowest BCUT2D eigenvalue weighted by atomic mass is 9.79. The summed E-state index contributed by atoms with van der Waals surface area (Å²) in [7, 11) is 0. The summed E-state index contributed by atoms with van der Waals surface area (Å²) in [6.45, 7) is 8.14. The number of aryl methyl sites for hydroxylation is 1. The lowest BCUT2D eigenvalue weighted by Gasteiger charge is -2.30. The van der Waals surface area contributed by atoms with Gasteiger partial charge in [-0.05, 0) is 65.8 Å². The Morgan fingerprint density at radius 1 is 0.833 bits per heavy atom. The molecule has 0 aromatic heterocycles.